The zero-order chi connectivity index (χ0) is 34.7. The van der Waals surface area contributed by atoms with Gasteiger partial charge in [0, 0.05) is 31.6 Å². The molecule has 0 aliphatic carbocycles. The van der Waals surface area contributed by atoms with Crippen LogP contribution in [0.3, 0.4) is 0 Å². The summed E-state index contributed by atoms with van der Waals surface area (Å²) in [7, 11) is 0. The van der Waals surface area contributed by atoms with E-state index in [1.807, 2.05) is 0 Å². The highest BCUT2D eigenvalue weighted by Gasteiger charge is 2.27. The summed E-state index contributed by atoms with van der Waals surface area (Å²) in [6.07, 6.45) is -0.739. The molecule has 1 aromatic heterocycles. The van der Waals surface area contributed by atoms with E-state index in [0.29, 0.717) is 16.3 Å². The quantitative estimate of drug-likeness (QED) is 0.168. The van der Waals surface area contributed by atoms with E-state index in [4.69, 9.17) is 21.1 Å². The van der Waals surface area contributed by atoms with Crippen molar-refractivity contribution in [3.05, 3.63) is 70.9 Å². The van der Waals surface area contributed by atoms with Gasteiger partial charge < -0.3 is 25.2 Å². The third kappa shape index (κ3) is 11.9. The van der Waals surface area contributed by atoms with Gasteiger partial charge in [-0.15, -0.1) is 0 Å². The average molecular weight is 679 g/mol. The lowest BCUT2D eigenvalue weighted by molar-refractivity contribution is -0.138. The van der Waals surface area contributed by atoms with E-state index < -0.39 is 73.0 Å². The van der Waals surface area contributed by atoms with Gasteiger partial charge >= 0.3 is 12.2 Å². The van der Waals surface area contributed by atoms with Crippen LogP contribution in [0.2, 0.25) is 5.02 Å². The number of hydrazine groups is 1. The zero-order valence-electron chi connectivity index (χ0n) is 26.2. The molecule has 0 radical (unpaired) electrons. The number of hydrogen-bond donors (Lipinski definition) is 5. The first kappa shape index (κ1) is 36.9. The van der Waals surface area contributed by atoms with E-state index in [2.05, 4.69) is 26.4 Å². The van der Waals surface area contributed by atoms with E-state index in [1.54, 1.807) is 20.8 Å². The standard InChI is InChI=1S/C31H37ClF2N6O7/c1-18(42)40(37-14-20-6-5-7-25(34)28(20)32)24(12-27(43)36-15-23(16-41)38-30(45)47-31(2,3)4)17-46-29(44)39-26-11-21-10-22(33)9-8-19(21)13-35-26/h5-11,13,23-24,37,41H,12,14-17H2,1-4H3,(H,36,43)(H,38,45)(H,35,39,44)/t23-,24+/m1/s1. The van der Waals surface area contributed by atoms with Gasteiger partial charge in [-0.05, 0) is 62.1 Å². The SMILES string of the molecule is CC(=O)N(NCc1cccc(F)c1Cl)[C@H](COC(=O)Nc1cc2cc(F)ccc2cn1)CC(=O)NC[C@H](CO)NC(=O)OC(C)(C)C. The summed E-state index contributed by atoms with van der Waals surface area (Å²) in [6.45, 7) is 4.88. The van der Waals surface area contributed by atoms with Gasteiger partial charge in [-0.25, -0.2) is 28.8 Å². The van der Waals surface area contributed by atoms with Gasteiger partial charge in [0.25, 0.3) is 0 Å². The largest absolute Gasteiger partial charge is 0.447 e. The Kier molecular flexibility index (Phi) is 13.2. The second kappa shape index (κ2) is 16.8. The number of halogens is 3. The molecule has 2 atom stereocenters. The summed E-state index contributed by atoms with van der Waals surface area (Å²) in [4.78, 5) is 54.6. The van der Waals surface area contributed by atoms with Crippen LogP contribution in [0.5, 0.6) is 0 Å². The average Bonchev–Trinajstić information content (AvgIpc) is 2.98. The van der Waals surface area contributed by atoms with Gasteiger partial charge in [-0.3, -0.25) is 19.9 Å². The zero-order valence-corrected chi connectivity index (χ0v) is 27.0. The Hall–Kier alpha value is -4.60. The highest BCUT2D eigenvalue weighted by molar-refractivity contribution is 6.31. The van der Waals surface area contributed by atoms with Crippen molar-refractivity contribution < 1.29 is 42.5 Å². The molecule has 3 rings (SSSR count). The maximum absolute atomic E-state index is 14.0. The Bertz CT molecular complexity index is 1590. The number of hydrogen-bond acceptors (Lipinski definition) is 9. The van der Waals surface area contributed by atoms with E-state index in [1.165, 1.54) is 55.6 Å². The Labute approximate surface area is 274 Å². The summed E-state index contributed by atoms with van der Waals surface area (Å²) in [5.41, 5.74) is 2.34. The van der Waals surface area contributed by atoms with Crippen molar-refractivity contribution in [1.82, 2.24) is 26.1 Å². The molecule has 16 heteroatoms. The predicted molar refractivity (Wildman–Crippen MR) is 169 cm³/mol. The molecule has 0 saturated carbocycles. The van der Waals surface area contributed by atoms with Crippen molar-refractivity contribution >= 4 is 52.2 Å². The number of anilines is 1. The highest BCUT2D eigenvalue weighted by atomic mass is 35.5. The topological polar surface area (TPSA) is 171 Å². The van der Waals surface area contributed by atoms with Gasteiger partial charge in [0.05, 0.1) is 30.1 Å². The molecule has 0 spiro atoms. The van der Waals surface area contributed by atoms with Crippen molar-refractivity contribution in [2.75, 3.05) is 25.1 Å². The smallest absolute Gasteiger partial charge is 0.412 e. The summed E-state index contributed by atoms with van der Waals surface area (Å²) < 4.78 is 38.2. The number of rotatable bonds is 13. The molecular weight excluding hydrogens is 642 g/mol. The second-order valence-corrected chi connectivity index (χ2v) is 11.8. The van der Waals surface area contributed by atoms with Crippen molar-refractivity contribution in [2.24, 2.45) is 0 Å². The molecule has 0 aliphatic heterocycles. The summed E-state index contributed by atoms with van der Waals surface area (Å²) >= 11 is 6.05. The predicted octanol–water partition coefficient (Wildman–Crippen LogP) is 4.03. The van der Waals surface area contributed by atoms with Crippen molar-refractivity contribution in [3.8, 4) is 0 Å². The number of aliphatic hydroxyl groups is 1. The molecule has 2 aromatic carbocycles. The summed E-state index contributed by atoms with van der Waals surface area (Å²) in [5.74, 6) is -2.27. The van der Waals surface area contributed by atoms with E-state index in [9.17, 15) is 33.1 Å². The third-order valence-electron chi connectivity index (χ3n) is 6.40. The highest BCUT2D eigenvalue weighted by Crippen LogP contribution is 2.20. The van der Waals surface area contributed by atoms with Gasteiger partial charge in [-0.2, -0.15) is 0 Å². The lowest BCUT2D eigenvalue weighted by Gasteiger charge is -2.31. The van der Waals surface area contributed by atoms with Crippen LogP contribution in [-0.2, 0) is 25.6 Å². The maximum atomic E-state index is 14.0. The number of aromatic nitrogens is 1. The normalized spacial score (nSPS) is 12.5. The van der Waals surface area contributed by atoms with E-state index in [-0.39, 0.29) is 23.9 Å². The number of amides is 4. The molecule has 3 aromatic rings. The van der Waals surface area contributed by atoms with Crippen LogP contribution in [0.4, 0.5) is 24.2 Å². The van der Waals surface area contributed by atoms with E-state index in [0.717, 1.165) is 5.01 Å². The minimum atomic E-state index is -1.10. The molecule has 1 heterocycles. The number of nitrogens with zero attached hydrogens (tertiary/aromatic N) is 2. The fraction of sp³-hybridized carbons (Fsp3) is 0.387. The number of benzene rings is 2. The first-order chi connectivity index (χ1) is 22.1. The Balaban J connectivity index is 1.71. The summed E-state index contributed by atoms with van der Waals surface area (Å²) in [6, 6.07) is 7.68. The number of fused-ring (bicyclic) bond motifs is 1. The molecule has 5 N–H and O–H groups in total. The fourth-order valence-corrected chi connectivity index (χ4v) is 4.42. The molecule has 0 fully saturated rings. The van der Waals surface area contributed by atoms with Crippen molar-refractivity contribution in [1.29, 1.82) is 0 Å². The Morgan fingerprint density at radius 1 is 1.06 bits per heavy atom. The first-order valence-corrected chi connectivity index (χ1v) is 14.8. The van der Waals surface area contributed by atoms with Crippen LogP contribution in [0.1, 0.15) is 39.7 Å². The number of alkyl carbamates (subject to hydrolysis) is 1. The van der Waals surface area contributed by atoms with Crippen LogP contribution in [0.25, 0.3) is 10.8 Å². The Morgan fingerprint density at radius 3 is 2.49 bits per heavy atom. The first-order valence-electron chi connectivity index (χ1n) is 14.5. The number of carbonyl (C=O) groups is 4. The molecule has 4 amide bonds. The summed E-state index contributed by atoms with van der Waals surface area (Å²) in [5, 5.41) is 19.1. The molecule has 13 nitrogen and oxygen atoms in total. The second-order valence-electron chi connectivity index (χ2n) is 11.4. The molecule has 0 unspecified atom stereocenters. The van der Waals surface area contributed by atoms with Crippen LogP contribution in [0, 0.1) is 11.6 Å². The minimum absolute atomic E-state index is 0.0669. The molecule has 0 aliphatic rings. The van der Waals surface area contributed by atoms with Crippen LogP contribution < -0.4 is 21.4 Å². The number of aliphatic hydroxyl groups excluding tert-OH is 1. The number of ether oxygens (including phenoxy) is 2. The Morgan fingerprint density at radius 2 is 1.81 bits per heavy atom. The van der Waals surface area contributed by atoms with Gasteiger partial charge in [0.2, 0.25) is 11.8 Å². The molecule has 254 valence electrons. The molecule has 0 bridgehead atoms. The lowest BCUT2D eigenvalue weighted by Crippen LogP contribution is -2.53. The minimum Gasteiger partial charge on any atom is -0.447 e. The van der Waals surface area contributed by atoms with Gasteiger partial charge in [-0.1, -0.05) is 23.7 Å². The fourth-order valence-electron chi connectivity index (χ4n) is 4.23. The number of nitrogens with one attached hydrogen (secondary N) is 4. The monoisotopic (exact) mass is 678 g/mol. The van der Waals surface area contributed by atoms with Gasteiger partial charge in [0.1, 0.15) is 29.7 Å². The van der Waals surface area contributed by atoms with Crippen molar-refractivity contribution in [2.45, 2.75) is 58.3 Å². The number of carbonyl (C=O) groups excluding carboxylic acids is 4. The van der Waals surface area contributed by atoms with E-state index >= 15 is 0 Å². The molecular formula is C31H37ClF2N6O7. The van der Waals surface area contributed by atoms with Crippen LogP contribution in [0.15, 0.2) is 48.7 Å². The van der Waals surface area contributed by atoms with Crippen molar-refractivity contribution in [3.63, 3.8) is 0 Å². The lowest BCUT2D eigenvalue weighted by atomic mass is 10.1. The number of pyridine rings is 1. The third-order valence-corrected chi connectivity index (χ3v) is 6.83. The van der Waals surface area contributed by atoms with Gasteiger partial charge in [0.15, 0.2) is 0 Å². The molecule has 0 saturated heterocycles. The molecule has 47 heavy (non-hydrogen) atoms. The van der Waals surface area contributed by atoms with Crippen LogP contribution >= 0.6 is 11.6 Å². The van der Waals surface area contributed by atoms with Crippen LogP contribution in [-0.4, -0.2) is 76.5 Å². The maximum Gasteiger partial charge on any atom is 0.412 e.